The third-order valence-electron chi connectivity index (χ3n) is 13.1. The number of rotatable bonds is 7. The van der Waals surface area contributed by atoms with Gasteiger partial charge in [0.1, 0.15) is 22.3 Å². The highest BCUT2D eigenvalue weighted by atomic mass is 16.3. The van der Waals surface area contributed by atoms with Crippen LogP contribution in [0.1, 0.15) is 0 Å². The normalized spacial score (nSPS) is 11.7. The minimum Gasteiger partial charge on any atom is -0.456 e. The molecule has 13 rings (SSSR count). The van der Waals surface area contributed by atoms with Crippen LogP contribution in [0.4, 0.5) is 17.1 Å². The molecule has 0 radical (unpaired) electrons. The predicted molar refractivity (Wildman–Crippen MR) is 272 cm³/mol. The van der Waals surface area contributed by atoms with Crippen molar-refractivity contribution in [3.8, 4) is 44.5 Å². The number of hydrogen-bond donors (Lipinski definition) is 0. The molecule has 2 aromatic heterocycles. The van der Waals surface area contributed by atoms with Gasteiger partial charge in [-0.15, -0.1) is 0 Å². The van der Waals surface area contributed by atoms with Crippen LogP contribution >= 0.6 is 0 Å². The maximum atomic E-state index is 6.15. The summed E-state index contributed by atoms with van der Waals surface area (Å²) in [6.07, 6.45) is 0. The molecule has 3 heteroatoms. The second-order valence-electron chi connectivity index (χ2n) is 16.8. The topological polar surface area (TPSA) is 29.5 Å². The van der Waals surface area contributed by atoms with E-state index in [0.717, 1.165) is 83.2 Å². The summed E-state index contributed by atoms with van der Waals surface area (Å²) in [5.74, 6) is 0. The molecule has 0 bridgehead atoms. The number of furan rings is 2. The first-order chi connectivity index (χ1) is 32.2. The summed E-state index contributed by atoms with van der Waals surface area (Å²) in [6.45, 7) is 0. The van der Waals surface area contributed by atoms with Gasteiger partial charge in [-0.2, -0.15) is 0 Å². The van der Waals surface area contributed by atoms with E-state index in [4.69, 9.17) is 8.83 Å². The zero-order valence-corrected chi connectivity index (χ0v) is 35.3. The Morgan fingerprint density at radius 1 is 0.215 bits per heavy atom. The van der Waals surface area contributed by atoms with Crippen LogP contribution in [0.25, 0.3) is 110 Å². The highest BCUT2D eigenvalue weighted by Crippen LogP contribution is 2.45. The first-order valence-corrected chi connectivity index (χ1v) is 22.1. The van der Waals surface area contributed by atoms with Gasteiger partial charge in [0.05, 0.1) is 0 Å². The Morgan fingerprint density at radius 2 is 0.523 bits per heavy atom. The van der Waals surface area contributed by atoms with E-state index in [2.05, 4.69) is 217 Å². The summed E-state index contributed by atoms with van der Waals surface area (Å²) in [5, 5.41) is 9.49. The lowest BCUT2D eigenvalue weighted by Gasteiger charge is -2.26. The van der Waals surface area contributed by atoms with Crippen molar-refractivity contribution in [2.24, 2.45) is 0 Å². The second-order valence-corrected chi connectivity index (χ2v) is 16.8. The molecule has 11 aromatic carbocycles. The maximum absolute atomic E-state index is 6.15. The highest BCUT2D eigenvalue weighted by Gasteiger charge is 2.19. The molecular formula is C62H39NO2. The third kappa shape index (κ3) is 6.20. The fraction of sp³-hybridized carbons (Fsp3) is 0. The molecule has 0 aliphatic rings. The lowest BCUT2D eigenvalue weighted by Crippen LogP contribution is -2.09. The molecule has 0 fully saturated rings. The standard InChI is InChI=1S/C62H39NO2/c1-2-12-42(13-3-1)61-51-16-4-6-18-53(51)62(54-19-7-5-17-52(54)61)43-26-34-48(35-27-43)63(46-30-22-40(23-31-46)44-28-36-59-55(38-44)49-14-8-10-20-57(49)64-59)47-32-24-41(25-33-47)45-29-37-60-56(39-45)50-15-9-11-21-58(50)65-60/h1-39H. The van der Waals surface area contributed by atoms with Crippen molar-refractivity contribution in [2.45, 2.75) is 0 Å². The molecule has 0 saturated heterocycles. The van der Waals surface area contributed by atoms with Crippen LogP contribution in [0, 0.1) is 0 Å². The molecule has 0 spiro atoms. The van der Waals surface area contributed by atoms with Gasteiger partial charge in [-0.1, -0.05) is 164 Å². The van der Waals surface area contributed by atoms with Crippen LogP contribution in [0.2, 0.25) is 0 Å². The largest absolute Gasteiger partial charge is 0.456 e. The van der Waals surface area contributed by atoms with Gasteiger partial charge in [-0.05, 0) is 139 Å². The van der Waals surface area contributed by atoms with Crippen LogP contribution in [-0.4, -0.2) is 0 Å². The monoisotopic (exact) mass is 829 g/mol. The maximum Gasteiger partial charge on any atom is 0.135 e. The van der Waals surface area contributed by atoms with E-state index in [1.54, 1.807) is 0 Å². The van der Waals surface area contributed by atoms with Gasteiger partial charge < -0.3 is 13.7 Å². The van der Waals surface area contributed by atoms with Gasteiger partial charge in [-0.3, -0.25) is 0 Å². The van der Waals surface area contributed by atoms with Gasteiger partial charge in [-0.25, -0.2) is 0 Å². The minimum absolute atomic E-state index is 0.899. The van der Waals surface area contributed by atoms with Crippen LogP contribution < -0.4 is 4.90 Å². The summed E-state index contributed by atoms with van der Waals surface area (Å²) in [6, 6.07) is 84.9. The van der Waals surface area contributed by atoms with Crippen molar-refractivity contribution in [1.82, 2.24) is 0 Å². The Morgan fingerprint density at radius 3 is 0.938 bits per heavy atom. The van der Waals surface area contributed by atoms with Crippen LogP contribution in [0.15, 0.2) is 245 Å². The molecule has 0 aliphatic carbocycles. The smallest absolute Gasteiger partial charge is 0.135 e. The van der Waals surface area contributed by atoms with E-state index < -0.39 is 0 Å². The van der Waals surface area contributed by atoms with Crippen LogP contribution in [0.3, 0.4) is 0 Å². The van der Waals surface area contributed by atoms with E-state index >= 15 is 0 Å². The van der Waals surface area contributed by atoms with Gasteiger partial charge in [0.2, 0.25) is 0 Å². The summed E-state index contributed by atoms with van der Waals surface area (Å²) < 4.78 is 12.3. The second kappa shape index (κ2) is 15.0. The first-order valence-electron chi connectivity index (χ1n) is 22.1. The Balaban J connectivity index is 0.918. The molecule has 0 saturated carbocycles. The number of benzene rings is 11. The highest BCUT2D eigenvalue weighted by molar-refractivity contribution is 6.21. The molecule has 0 atom stereocenters. The SMILES string of the molecule is c1ccc(-c2c3ccccc3c(-c3ccc(N(c4ccc(-c5ccc6oc7ccccc7c6c5)cc4)c4ccc(-c5ccc6oc7ccccc7c6c5)cc4)cc3)c3ccccc23)cc1. The molecule has 65 heavy (non-hydrogen) atoms. The van der Waals surface area contributed by atoms with Crippen molar-refractivity contribution < 1.29 is 8.83 Å². The van der Waals surface area contributed by atoms with Crippen molar-refractivity contribution >= 4 is 82.5 Å². The van der Waals surface area contributed by atoms with E-state index in [0.29, 0.717) is 0 Å². The van der Waals surface area contributed by atoms with Crippen molar-refractivity contribution in [3.05, 3.63) is 237 Å². The number of para-hydroxylation sites is 2. The van der Waals surface area contributed by atoms with Crippen LogP contribution in [0.5, 0.6) is 0 Å². The van der Waals surface area contributed by atoms with Crippen molar-refractivity contribution in [3.63, 3.8) is 0 Å². The average molecular weight is 830 g/mol. The quantitative estimate of drug-likeness (QED) is 0.150. The van der Waals surface area contributed by atoms with Gasteiger partial charge in [0, 0.05) is 38.6 Å². The number of nitrogens with zero attached hydrogens (tertiary/aromatic N) is 1. The van der Waals surface area contributed by atoms with Gasteiger partial charge in [0.25, 0.3) is 0 Å². The van der Waals surface area contributed by atoms with E-state index in [1.807, 2.05) is 24.3 Å². The fourth-order valence-electron chi connectivity index (χ4n) is 10.00. The summed E-state index contributed by atoms with van der Waals surface area (Å²) in [4.78, 5) is 2.35. The minimum atomic E-state index is 0.899. The molecule has 0 unspecified atom stereocenters. The van der Waals surface area contributed by atoms with Crippen molar-refractivity contribution in [1.29, 1.82) is 0 Å². The zero-order valence-electron chi connectivity index (χ0n) is 35.3. The molecule has 0 aliphatic heterocycles. The molecule has 2 heterocycles. The summed E-state index contributed by atoms with van der Waals surface area (Å²) >= 11 is 0. The fourth-order valence-corrected chi connectivity index (χ4v) is 10.00. The number of hydrogen-bond acceptors (Lipinski definition) is 3. The molecule has 3 nitrogen and oxygen atoms in total. The molecule has 13 aromatic rings. The molecular weight excluding hydrogens is 791 g/mol. The molecule has 0 N–H and O–H groups in total. The van der Waals surface area contributed by atoms with Crippen LogP contribution in [-0.2, 0) is 0 Å². The summed E-state index contributed by atoms with van der Waals surface area (Å²) in [7, 11) is 0. The third-order valence-corrected chi connectivity index (χ3v) is 13.1. The Kier molecular flexibility index (Phi) is 8.53. The predicted octanol–water partition coefficient (Wildman–Crippen LogP) is 17.9. The molecule has 304 valence electrons. The number of fused-ring (bicyclic) bond motifs is 8. The number of anilines is 3. The van der Waals surface area contributed by atoms with E-state index in [9.17, 15) is 0 Å². The van der Waals surface area contributed by atoms with E-state index in [-0.39, 0.29) is 0 Å². The Labute approximate surface area is 375 Å². The lowest BCUT2D eigenvalue weighted by molar-refractivity contribution is 0.668. The average Bonchev–Trinajstić information content (AvgIpc) is 3.94. The van der Waals surface area contributed by atoms with Gasteiger partial charge in [0.15, 0.2) is 0 Å². The Hall–Kier alpha value is -8.66. The lowest BCUT2D eigenvalue weighted by atomic mass is 9.86. The zero-order chi connectivity index (χ0) is 42.8. The Bertz CT molecular complexity index is 3700. The summed E-state index contributed by atoms with van der Waals surface area (Å²) in [5.41, 5.74) is 16.3. The van der Waals surface area contributed by atoms with Crippen molar-refractivity contribution in [2.75, 3.05) is 4.90 Å². The van der Waals surface area contributed by atoms with Gasteiger partial charge >= 0.3 is 0 Å². The molecule has 0 amide bonds. The van der Waals surface area contributed by atoms with E-state index in [1.165, 1.54) is 43.8 Å². The first kappa shape index (κ1) is 36.9.